The molecule has 130 valence electrons. The summed E-state index contributed by atoms with van der Waals surface area (Å²) in [5.41, 5.74) is 4.97. The number of esters is 1. The van der Waals surface area contributed by atoms with Gasteiger partial charge in [0.05, 0.1) is 12.1 Å². The van der Waals surface area contributed by atoms with Crippen LogP contribution in [0.4, 0.5) is 5.00 Å². The van der Waals surface area contributed by atoms with E-state index >= 15 is 0 Å². The number of rotatable bonds is 3. The van der Waals surface area contributed by atoms with Crippen LogP contribution >= 0.6 is 11.3 Å². The molecule has 1 heterocycles. The van der Waals surface area contributed by atoms with Crippen molar-refractivity contribution in [2.75, 3.05) is 12.4 Å². The van der Waals surface area contributed by atoms with Gasteiger partial charge in [0.25, 0.3) is 5.91 Å². The molecule has 0 saturated carbocycles. The molecule has 2 aliphatic rings. The predicted octanol–water partition coefficient (Wildman–Crippen LogP) is 4.54. The van der Waals surface area contributed by atoms with Crippen LogP contribution in [0.25, 0.3) is 0 Å². The second-order valence-electron chi connectivity index (χ2n) is 6.80. The smallest absolute Gasteiger partial charge is 0.348 e. The molecule has 1 amide bonds. The molecule has 0 spiro atoms. The normalized spacial score (nSPS) is 16.2. The summed E-state index contributed by atoms with van der Waals surface area (Å²) in [6, 6.07) is 7.56. The maximum atomic E-state index is 12.7. The standard InChI is InChI=1S/C20H21NO3S/c1-24-20(23)16-8-9-17(25-16)21-19(22)15-10-13-6-2-4-12-5-3-7-14(11-15)18(12)13/h8-12H,2-7H2,1H3,(H,21,22). The highest BCUT2D eigenvalue weighted by molar-refractivity contribution is 7.18. The Hall–Kier alpha value is -2.14. The summed E-state index contributed by atoms with van der Waals surface area (Å²) in [7, 11) is 1.35. The molecule has 1 N–H and O–H groups in total. The topological polar surface area (TPSA) is 55.4 Å². The Bertz CT molecular complexity index is 808. The molecule has 0 bridgehead atoms. The lowest BCUT2D eigenvalue weighted by Gasteiger charge is -2.32. The van der Waals surface area contributed by atoms with Crippen LogP contribution in [-0.2, 0) is 17.6 Å². The molecule has 0 atom stereocenters. The minimum atomic E-state index is -0.380. The van der Waals surface area contributed by atoms with Crippen LogP contribution in [0.1, 0.15) is 68.3 Å². The molecule has 0 aliphatic heterocycles. The van der Waals surface area contributed by atoms with Gasteiger partial charge in [-0.2, -0.15) is 0 Å². The minimum Gasteiger partial charge on any atom is -0.465 e. The number of ether oxygens (including phenoxy) is 1. The number of nitrogens with one attached hydrogen (secondary N) is 1. The van der Waals surface area contributed by atoms with Gasteiger partial charge in [-0.3, -0.25) is 4.79 Å². The Morgan fingerprint density at radius 3 is 2.44 bits per heavy atom. The summed E-state index contributed by atoms with van der Waals surface area (Å²) in [6.07, 6.45) is 7.16. The van der Waals surface area contributed by atoms with Crippen molar-refractivity contribution in [2.24, 2.45) is 0 Å². The number of thiophene rings is 1. The lowest BCUT2D eigenvalue weighted by Crippen LogP contribution is -2.20. The van der Waals surface area contributed by atoms with Crippen molar-refractivity contribution < 1.29 is 14.3 Å². The SMILES string of the molecule is COC(=O)c1ccc(NC(=O)c2cc3c4c(c2)CCCC4CCC3)s1. The highest BCUT2D eigenvalue weighted by atomic mass is 32.1. The Kier molecular flexibility index (Phi) is 4.34. The van der Waals surface area contributed by atoms with Gasteiger partial charge in [-0.15, -0.1) is 11.3 Å². The van der Waals surface area contributed by atoms with Gasteiger partial charge in [0.2, 0.25) is 0 Å². The van der Waals surface area contributed by atoms with Crippen LogP contribution in [0.5, 0.6) is 0 Å². The molecule has 0 radical (unpaired) electrons. The first kappa shape index (κ1) is 16.3. The van der Waals surface area contributed by atoms with Crippen molar-refractivity contribution in [3.05, 3.63) is 51.4 Å². The van der Waals surface area contributed by atoms with Crippen molar-refractivity contribution in [3.8, 4) is 0 Å². The van der Waals surface area contributed by atoms with E-state index in [0.29, 0.717) is 15.8 Å². The number of hydrogen-bond donors (Lipinski definition) is 1. The fourth-order valence-electron chi connectivity index (χ4n) is 4.16. The Morgan fingerprint density at radius 2 is 1.80 bits per heavy atom. The van der Waals surface area contributed by atoms with Crippen LogP contribution in [0, 0.1) is 0 Å². The molecule has 2 aromatic rings. The molecule has 4 rings (SSSR count). The first-order valence-electron chi connectivity index (χ1n) is 8.81. The monoisotopic (exact) mass is 355 g/mol. The minimum absolute atomic E-state index is 0.106. The fourth-order valence-corrected chi connectivity index (χ4v) is 4.98. The third-order valence-corrected chi connectivity index (χ3v) is 6.23. The molecule has 0 saturated heterocycles. The maximum absolute atomic E-state index is 12.7. The number of aryl methyl sites for hydroxylation is 2. The number of carbonyl (C=O) groups is 2. The van der Waals surface area contributed by atoms with E-state index in [-0.39, 0.29) is 11.9 Å². The highest BCUT2D eigenvalue weighted by Gasteiger charge is 2.27. The molecular weight excluding hydrogens is 334 g/mol. The second kappa shape index (κ2) is 6.64. The first-order chi connectivity index (χ1) is 12.2. The average molecular weight is 355 g/mol. The van der Waals surface area contributed by atoms with Crippen LogP contribution in [0.15, 0.2) is 24.3 Å². The van der Waals surface area contributed by atoms with E-state index < -0.39 is 0 Å². The number of carbonyl (C=O) groups excluding carboxylic acids is 2. The lowest BCUT2D eigenvalue weighted by atomic mass is 9.73. The van der Waals surface area contributed by atoms with E-state index in [1.807, 2.05) is 0 Å². The number of anilines is 1. The van der Waals surface area contributed by atoms with Crippen LogP contribution in [0.3, 0.4) is 0 Å². The van der Waals surface area contributed by atoms with Crippen LogP contribution in [-0.4, -0.2) is 19.0 Å². The van der Waals surface area contributed by atoms with E-state index in [0.717, 1.165) is 18.4 Å². The zero-order chi connectivity index (χ0) is 17.4. The van der Waals surface area contributed by atoms with Gasteiger partial charge in [0, 0.05) is 5.56 Å². The van der Waals surface area contributed by atoms with Gasteiger partial charge < -0.3 is 10.1 Å². The first-order valence-corrected chi connectivity index (χ1v) is 9.62. The largest absolute Gasteiger partial charge is 0.465 e. The quantitative estimate of drug-likeness (QED) is 0.822. The van der Waals surface area contributed by atoms with Gasteiger partial charge >= 0.3 is 5.97 Å². The van der Waals surface area contributed by atoms with Gasteiger partial charge in [-0.05, 0) is 85.4 Å². The van der Waals surface area contributed by atoms with Gasteiger partial charge in [-0.25, -0.2) is 4.79 Å². The molecule has 1 aromatic heterocycles. The fraction of sp³-hybridized carbons (Fsp3) is 0.400. The van der Waals surface area contributed by atoms with E-state index in [1.54, 1.807) is 12.1 Å². The van der Waals surface area contributed by atoms with E-state index in [4.69, 9.17) is 4.74 Å². The summed E-state index contributed by atoms with van der Waals surface area (Å²) in [6.45, 7) is 0. The molecule has 1 aromatic carbocycles. The van der Waals surface area contributed by atoms with Crippen molar-refractivity contribution in [3.63, 3.8) is 0 Å². The van der Waals surface area contributed by atoms with E-state index in [9.17, 15) is 9.59 Å². The van der Waals surface area contributed by atoms with Gasteiger partial charge in [-0.1, -0.05) is 0 Å². The van der Waals surface area contributed by atoms with Crippen molar-refractivity contribution in [1.29, 1.82) is 0 Å². The molecule has 25 heavy (non-hydrogen) atoms. The molecule has 0 unspecified atom stereocenters. The summed E-state index contributed by atoms with van der Waals surface area (Å²) in [5.74, 6) is 0.212. The van der Waals surface area contributed by atoms with E-state index in [1.165, 1.54) is 60.8 Å². The summed E-state index contributed by atoms with van der Waals surface area (Å²) in [4.78, 5) is 24.7. The number of amides is 1. The zero-order valence-electron chi connectivity index (χ0n) is 14.3. The van der Waals surface area contributed by atoms with Crippen molar-refractivity contribution in [1.82, 2.24) is 0 Å². The zero-order valence-corrected chi connectivity index (χ0v) is 15.1. The van der Waals surface area contributed by atoms with Crippen molar-refractivity contribution in [2.45, 2.75) is 44.4 Å². The highest BCUT2D eigenvalue weighted by Crippen LogP contribution is 2.41. The Morgan fingerprint density at radius 1 is 1.12 bits per heavy atom. The third kappa shape index (κ3) is 3.09. The summed E-state index contributed by atoms with van der Waals surface area (Å²) in [5, 5.41) is 3.58. The van der Waals surface area contributed by atoms with Crippen LogP contribution in [0.2, 0.25) is 0 Å². The summed E-state index contributed by atoms with van der Waals surface area (Å²) < 4.78 is 4.71. The van der Waals surface area contributed by atoms with Gasteiger partial charge in [0.15, 0.2) is 0 Å². The maximum Gasteiger partial charge on any atom is 0.348 e. The molecule has 5 heteroatoms. The average Bonchev–Trinajstić information content (AvgIpc) is 3.10. The van der Waals surface area contributed by atoms with Crippen LogP contribution < -0.4 is 5.32 Å². The summed E-state index contributed by atoms with van der Waals surface area (Å²) >= 11 is 1.23. The number of methoxy groups -OCH3 is 1. The molecular formula is C20H21NO3S. The lowest BCUT2D eigenvalue weighted by molar-refractivity contribution is 0.0606. The Labute approximate surface area is 151 Å². The number of benzene rings is 1. The van der Waals surface area contributed by atoms with Crippen molar-refractivity contribution >= 4 is 28.2 Å². The Balaban J connectivity index is 1.58. The molecule has 4 nitrogen and oxygen atoms in total. The number of hydrogen-bond acceptors (Lipinski definition) is 4. The molecule has 2 aliphatic carbocycles. The van der Waals surface area contributed by atoms with E-state index in [2.05, 4.69) is 17.4 Å². The van der Waals surface area contributed by atoms with Gasteiger partial charge in [0.1, 0.15) is 4.88 Å². The second-order valence-corrected chi connectivity index (χ2v) is 7.88. The third-order valence-electron chi connectivity index (χ3n) is 5.25. The predicted molar refractivity (Wildman–Crippen MR) is 98.7 cm³/mol. The molecule has 0 fully saturated rings.